The normalized spacial score (nSPS) is 28.9. The zero-order valence-corrected chi connectivity index (χ0v) is 13.9. The van der Waals surface area contributed by atoms with E-state index in [1.54, 1.807) is 0 Å². The van der Waals surface area contributed by atoms with Crippen LogP contribution in [0.5, 0.6) is 0 Å². The first-order chi connectivity index (χ1) is 10.9. The number of hydrogen-bond acceptors (Lipinski definition) is 4. The molecule has 5 heteroatoms. The van der Waals surface area contributed by atoms with E-state index >= 15 is 0 Å². The van der Waals surface area contributed by atoms with Crippen LogP contribution in [0.3, 0.4) is 0 Å². The number of piperidine rings is 3. The topological polar surface area (TPSA) is 58.4 Å². The van der Waals surface area contributed by atoms with Crippen LogP contribution in [-0.2, 0) is 0 Å². The molecule has 0 saturated carbocycles. The summed E-state index contributed by atoms with van der Waals surface area (Å²) < 4.78 is 5.48. The molecule has 3 fully saturated rings. The minimum Gasteiger partial charge on any atom is -0.441 e. The maximum Gasteiger partial charge on any atom is 0.251 e. The lowest BCUT2D eigenvalue weighted by Crippen LogP contribution is -2.69. The van der Waals surface area contributed by atoms with Crippen LogP contribution in [0.25, 0.3) is 11.1 Å². The fraction of sp³-hybridized carbons (Fsp3) is 0.556. The first-order valence-corrected chi connectivity index (χ1v) is 8.38. The Morgan fingerprint density at radius 1 is 1.35 bits per heavy atom. The van der Waals surface area contributed by atoms with Gasteiger partial charge in [0.1, 0.15) is 5.52 Å². The summed E-state index contributed by atoms with van der Waals surface area (Å²) in [6, 6.07) is 5.66. The summed E-state index contributed by atoms with van der Waals surface area (Å²) in [6.45, 7) is 8.60. The van der Waals surface area contributed by atoms with Crippen molar-refractivity contribution in [3.8, 4) is 0 Å². The van der Waals surface area contributed by atoms with Gasteiger partial charge in [-0.15, -0.1) is 0 Å². The SMILES string of the molecule is Cc1nc2cc(C(=O)N[C@@H]3C4CCN(CC4)C3(C)C)ccc2o1. The Morgan fingerprint density at radius 2 is 2.09 bits per heavy atom. The number of nitrogens with one attached hydrogen (secondary N) is 1. The Bertz CT molecular complexity index is 757. The number of hydrogen-bond donors (Lipinski definition) is 1. The van der Waals surface area contributed by atoms with Crippen LogP contribution in [0.4, 0.5) is 0 Å². The van der Waals surface area contributed by atoms with Crippen molar-refractivity contribution in [2.24, 2.45) is 5.92 Å². The van der Waals surface area contributed by atoms with Crippen molar-refractivity contribution in [3.05, 3.63) is 29.7 Å². The van der Waals surface area contributed by atoms with E-state index in [0.29, 0.717) is 17.4 Å². The largest absolute Gasteiger partial charge is 0.441 e. The maximum atomic E-state index is 12.7. The van der Waals surface area contributed by atoms with E-state index < -0.39 is 0 Å². The molecular formula is C18H23N3O2. The lowest BCUT2D eigenvalue weighted by Gasteiger charge is -2.56. The van der Waals surface area contributed by atoms with Crippen LogP contribution >= 0.6 is 0 Å². The standard InChI is InChI=1S/C18H23N3O2/c1-11-19-14-10-13(4-5-15(14)23-11)17(22)20-16-12-6-8-21(9-7-12)18(16,2)3/h4-5,10,12,16H,6-9H2,1-3H3,(H,20,22)/t16-/m1/s1. The molecule has 5 rings (SSSR count). The number of oxazole rings is 1. The van der Waals surface area contributed by atoms with E-state index in [0.717, 1.165) is 24.2 Å². The molecule has 4 heterocycles. The van der Waals surface area contributed by atoms with Gasteiger partial charge in [0.25, 0.3) is 5.91 Å². The highest BCUT2D eigenvalue weighted by Crippen LogP contribution is 2.39. The molecule has 122 valence electrons. The van der Waals surface area contributed by atoms with Crippen LogP contribution < -0.4 is 5.32 Å². The molecule has 0 spiro atoms. The number of rotatable bonds is 2. The zero-order chi connectivity index (χ0) is 16.2. The number of aromatic nitrogens is 1. The van der Waals surface area contributed by atoms with Crippen molar-refractivity contribution in [2.45, 2.75) is 45.2 Å². The summed E-state index contributed by atoms with van der Waals surface area (Å²) >= 11 is 0. The molecule has 3 aliphatic heterocycles. The van der Waals surface area contributed by atoms with Crippen molar-refractivity contribution in [1.29, 1.82) is 0 Å². The number of carbonyl (C=O) groups is 1. The van der Waals surface area contributed by atoms with Gasteiger partial charge in [-0.3, -0.25) is 9.69 Å². The molecule has 0 unspecified atom stereocenters. The molecular weight excluding hydrogens is 290 g/mol. The molecule has 1 aromatic carbocycles. The molecule has 3 saturated heterocycles. The van der Waals surface area contributed by atoms with E-state index in [1.807, 2.05) is 25.1 Å². The Kier molecular flexibility index (Phi) is 3.23. The summed E-state index contributed by atoms with van der Waals surface area (Å²) in [4.78, 5) is 19.6. The first kappa shape index (κ1) is 14.7. The molecule has 0 radical (unpaired) electrons. The van der Waals surface area contributed by atoms with Crippen LogP contribution in [0.15, 0.2) is 22.6 Å². The molecule has 0 aliphatic carbocycles. The lowest BCUT2D eigenvalue weighted by molar-refractivity contribution is -0.0378. The molecule has 1 N–H and O–H groups in total. The van der Waals surface area contributed by atoms with Gasteiger partial charge in [-0.2, -0.15) is 0 Å². The van der Waals surface area contributed by atoms with Crippen LogP contribution in [0.1, 0.15) is 42.9 Å². The summed E-state index contributed by atoms with van der Waals surface area (Å²) in [5.41, 5.74) is 2.13. The molecule has 23 heavy (non-hydrogen) atoms. The molecule has 1 atom stereocenters. The highest BCUT2D eigenvalue weighted by molar-refractivity contribution is 5.97. The predicted octanol–water partition coefficient (Wildman–Crippen LogP) is 2.74. The number of nitrogens with zero attached hydrogens (tertiary/aromatic N) is 2. The number of aryl methyl sites for hydroxylation is 1. The third-order valence-electron chi connectivity index (χ3n) is 5.63. The highest BCUT2D eigenvalue weighted by Gasteiger charge is 2.48. The van der Waals surface area contributed by atoms with Gasteiger partial charge in [-0.25, -0.2) is 4.98 Å². The third-order valence-corrected chi connectivity index (χ3v) is 5.63. The Labute approximate surface area is 136 Å². The summed E-state index contributed by atoms with van der Waals surface area (Å²) in [7, 11) is 0. The van der Waals surface area contributed by atoms with Crippen LogP contribution in [0, 0.1) is 12.8 Å². The summed E-state index contributed by atoms with van der Waals surface area (Å²) in [6.07, 6.45) is 2.35. The minimum atomic E-state index is -0.0145. The highest BCUT2D eigenvalue weighted by atomic mass is 16.3. The van der Waals surface area contributed by atoms with Gasteiger partial charge in [0.2, 0.25) is 0 Å². The Morgan fingerprint density at radius 3 is 2.78 bits per heavy atom. The van der Waals surface area contributed by atoms with Crippen LogP contribution in [0.2, 0.25) is 0 Å². The molecule has 2 aromatic rings. The van der Waals surface area contributed by atoms with Crippen molar-refractivity contribution in [3.63, 3.8) is 0 Å². The number of carbonyl (C=O) groups excluding carboxylic acids is 1. The van der Waals surface area contributed by atoms with Gasteiger partial charge in [-0.1, -0.05) is 0 Å². The lowest BCUT2D eigenvalue weighted by atomic mass is 9.72. The predicted molar refractivity (Wildman–Crippen MR) is 88.4 cm³/mol. The minimum absolute atomic E-state index is 0.0145. The van der Waals surface area contributed by atoms with Gasteiger partial charge < -0.3 is 9.73 Å². The van der Waals surface area contributed by atoms with Crippen LogP contribution in [-0.4, -0.2) is 40.5 Å². The number of benzene rings is 1. The zero-order valence-electron chi connectivity index (χ0n) is 13.9. The van der Waals surface area contributed by atoms with E-state index in [9.17, 15) is 4.79 Å². The number of fused-ring (bicyclic) bond motifs is 4. The number of amides is 1. The third kappa shape index (κ3) is 2.34. The first-order valence-electron chi connectivity index (χ1n) is 8.38. The average molecular weight is 313 g/mol. The fourth-order valence-electron chi connectivity index (χ4n) is 4.29. The van der Waals surface area contributed by atoms with Gasteiger partial charge in [-0.05, 0) is 63.9 Å². The second kappa shape index (κ2) is 5.06. The molecule has 2 bridgehead atoms. The van der Waals surface area contributed by atoms with Gasteiger partial charge in [0.15, 0.2) is 11.5 Å². The van der Waals surface area contributed by atoms with Crippen molar-refractivity contribution in [1.82, 2.24) is 15.2 Å². The van der Waals surface area contributed by atoms with Crippen molar-refractivity contribution in [2.75, 3.05) is 13.1 Å². The van der Waals surface area contributed by atoms with Gasteiger partial charge in [0, 0.05) is 24.1 Å². The van der Waals surface area contributed by atoms with Gasteiger partial charge in [0.05, 0.1) is 0 Å². The molecule has 1 aromatic heterocycles. The quantitative estimate of drug-likeness (QED) is 0.926. The second-order valence-electron chi connectivity index (χ2n) is 7.34. The Balaban J connectivity index is 1.58. The Hall–Kier alpha value is -1.88. The fourth-order valence-corrected chi connectivity index (χ4v) is 4.29. The van der Waals surface area contributed by atoms with E-state index in [2.05, 4.69) is 29.0 Å². The van der Waals surface area contributed by atoms with E-state index in [-0.39, 0.29) is 17.5 Å². The van der Waals surface area contributed by atoms with E-state index in [4.69, 9.17) is 4.42 Å². The maximum absolute atomic E-state index is 12.7. The van der Waals surface area contributed by atoms with Crippen molar-refractivity contribution >= 4 is 17.0 Å². The summed E-state index contributed by atoms with van der Waals surface area (Å²) in [5, 5.41) is 3.29. The van der Waals surface area contributed by atoms with Crippen molar-refractivity contribution < 1.29 is 9.21 Å². The van der Waals surface area contributed by atoms with Gasteiger partial charge >= 0.3 is 0 Å². The molecule has 3 aliphatic rings. The molecule has 1 amide bonds. The monoisotopic (exact) mass is 313 g/mol. The van der Waals surface area contributed by atoms with E-state index in [1.165, 1.54) is 12.8 Å². The second-order valence-corrected chi connectivity index (χ2v) is 7.34. The smallest absolute Gasteiger partial charge is 0.251 e. The average Bonchev–Trinajstić information content (AvgIpc) is 2.90. The summed E-state index contributed by atoms with van der Waals surface area (Å²) in [5.74, 6) is 1.19. The molecule has 5 nitrogen and oxygen atoms in total.